The quantitative estimate of drug-likeness (QED) is 0.0261. The first kappa shape index (κ1) is 72.1. The molecule has 6 nitrogen and oxygen atoms in total. The molecule has 0 saturated carbocycles. The fourth-order valence-electron chi connectivity index (χ4n) is 9.61. The van der Waals surface area contributed by atoms with E-state index in [0.717, 1.165) is 89.9 Å². The number of unbranched alkanes of at least 4 members (excludes halogenated alkanes) is 39. The van der Waals surface area contributed by atoms with Crippen molar-refractivity contribution in [2.24, 2.45) is 0 Å². The van der Waals surface area contributed by atoms with Crippen molar-refractivity contribution in [2.45, 2.75) is 348 Å². The van der Waals surface area contributed by atoms with E-state index in [4.69, 9.17) is 14.2 Å². The molecule has 1 unspecified atom stereocenters. The van der Waals surface area contributed by atoms with E-state index < -0.39 is 6.10 Å². The number of hydrogen-bond acceptors (Lipinski definition) is 6. The Labute approximate surface area is 466 Å². The topological polar surface area (TPSA) is 78.9 Å². The average molecular weight is 1050 g/mol. The van der Waals surface area contributed by atoms with Gasteiger partial charge in [0.2, 0.25) is 0 Å². The van der Waals surface area contributed by atoms with Gasteiger partial charge in [-0.15, -0.1) is 0 Å². The second kappa shape index (κ2) is 63.6. The van der Waals surface area contributed by atoms with Gasteiger partial charge in [0.15, 0.2) is 6.10 Å². The predicted octanol–water partition coefficient (Wildman–Crippen LogP) is 22.3. The molecule has 1 atom stereocenters. The summed E-state index contributed by atoms with van der Waals surface area (Å²) in [4.78, 5) is 38.3. The van der Waals surface area contributed by atoms with Gasteiger partial charge in [0.25, 0.3) is 0 Å². The summed E-state index contributed by atoms with van der Waals surface area (Å²) in [5, 5.41) is 0. The molecule has 0 aliphatic rings. The van der Waals surface area contributed by atoms with E-state index in [1.807, 2.05) is 0 Å². The molecule has 75 heavy (non-hydrogen) atoms. The number of carbonyl (C=O) groups is 3. The van der Waals surface area contributed by atoms with Crippen molar-refractivity contribution in [1.29, 1.82) is 0 Å². The number of esters is 3. The van der Waals surface area contributed by atoms with Crippen LogP contribution in [-0.2, 0) is 28.6 Å². The molecule has 0 radical (unpaired) electrons. The highest BCUT2D eigenvalue weighted by Gasteiger charge is 2.19. The first-order valence-corrected chi connectivity index (χ1v) is 32.8. The number of rotatable bonds is 60. The lowest BCUT2D eigenvalue weighted by Crippen LogP contribution is -2.30. The predicted molar refractivity (Wildman–Crippen MR) is 325 cm³/mol. The number of ether oxygens (including phenoxy) is 3. The van der Waals surface area contributed by atoms with Gasteiger partial charge in [0.1, 0.15) is 13.2 Å². The first-order chi connectivity index (χ1) is 37.0. The van der Waals surface area contributed by atoms with E-state index in [0.29, 0.717) is 19.3 Å². The highest BCUT2D eigenvalue weighted by molar-refractivity contribution is 5.71. The van der Waals surface area contributed by atoms with Crippen LogP contribution in [0.15, 0.2) is 60.8 Å². The van der Waals surface area contributed by atoms with Crippen LogP contribution in [0, 0.1) is 0 Å². The van der Waals surface area contributed by atoms with Crippen LogP contribution in [0.1, 0.15) is 342 Å². The van der Waals surface area contributed by atoms with Gasteiger partial charge in [0.05, 0.1) is 0 Å². The third-order valence-corrected chi connectivity index (χ3v) is 14.5. The zero-order chi connectivity index (χ0) is 54.3. The van der Waals surface area contributed by atoms with Gasteiger partial charge in [-0.2, -0.15) is 0 Å². The number of hydrogen-bond donors (Lipinski definition) is 0. The van der Waals surface area contributed by atoms with E-state index in [1.165, 1.54) is 212 Å². The molecule has 6 heteroatoms. The average Bonchev–Trinajstić information content (AvgIpc) is 3.41. The molecule has 0 aromatic carbocycles. The summed E-state index contributed by atoms with van der Waals surface area (Å²) in [5.74, 6) is -0.862. The van der Waals surface area contributed by atoms with Crippen LogP contribution >= 0.6 is 0 Å². The minimum absolute atomic E-state index is 0.0727. The van der Waals surface area contributed by atoms with Crippen molar-refractivity contribution in [1.82, 2.24) is 0 Å². The maximum atomic E-state index is 12.9. The molecule has 0 aromatic rings. The summed E-state index contributed by atoms with van der Waals surface area (Å²) in [6, 6.07) is 0. The number of allylic oxidation sites excluding steroid dienone is 10. The lowest BCUT2D eigenvalue weighted by atomic mass is 10.0. The van der Waals surface area contributed by atoms with E-state index in [2.05, 4.69) is 81.5 Å². The molecular formula is C69H124O6. The molecule has 0 spiro atoms. The summed E-state index contributed by atoms with van der Waals surface area (Å²) in [7, 11) is 0. The normalized spacial score (nSPS) is 12.4. The van der Waals surface area contributed by atoms with Gasteiger partial charge in [-0.05, 0) is 83.5 Å². The summed E-state index contributed by atoms with van der Waals surface area (Å²) in [6.07, 6.45) is 80.9. The second-order valence-electron chi connectivity index (χ2n) is 22.0. The van der Waals surface area contributed by atoms with Crippen molar-refractivity contribution >= 4 is 17.9 Å². The van der Waals surface area contributed by atoms with E-state index in [9.17, 15) is 14.4 Å². The van der Waals surface area contributed by atoms with Crippen LogP contribution in [0.3, 0.4) is 0 Å². The summed E-state index contributed by atoms with van der Waals surface area (Å²) in [6.45, 7) is 6.55. The van der Waals surface area contributed by atoms with Crippen molar-refractivity contribution in [2.75, 3.05) is 13.2 Å². The highest BCUT2D eigenvalue weighted by Crippen LogP contribution is 2.18. The van der Waals surface area contributed by atoms with E-state index >= 15 is 0 Å². The van der Waals surface area contributed by atoms with Crippen LogP contribution in [0.4, 0.5) is 0 Å². The maximum absolute atomic E-state index is 12.9. The molecule has 0 rings (SSSR count). The fraction of sp³-hybridized carbons (Fsp3) is 0.812. The molecule has 0 heterocycles. The lowest BCUT2D eigenvalue weighted by molar-refractivity contribution is -0.167. The minimum Gasteiger partial charge on any atom is -0.462 e. The standard InChI is InChI=1S/C69H124O6/c1-4-7-10-13-16-19-22-25-27-29-31-32-33-34-35-36-37-38-39-41-42-44-47-50-53-56-59-62-68(71)74-65-66(64-73-67(70)61-58-55-52-49-46-24-21-18-15-12-9-6-3)75-69(72)63-60-57-54-51-48-45-43-40-30-28-26-23-20-17-14-11-8-5-2/h7,10,16,18-19,21,25,27,31-32,66H,4-6,8-9,11-15,17,20,22-24,26,28-30,33-65H2,1-3H3/b10-7-,19-16-,21-18-,27-25-,32-31-. The molecule has 0 aliphatic carbocycles. The second-order valence-corrected chi connectivity index (χ2v) is 22.0. The third kappa shape index (κ3) is 61.8. The van der Waals surface area contributed by atoms with Gasteiger partial charge < -0.3 is 14.2 Å². The summed E-state index contributed by atoms with van der Waals surface area (Å²) in [5.41, 5.74) is 0. The zero-order valence-electron chi connectivity index (χ0n) is 50.1. The minimum atomic E-state index is -0.775. The molecule has 436 valence electrons. The first-order valence-electron chi connectivity index (χ1n) is 32.8. The Morgan fingerprint density at radius 2 is 0.520 bits per heavy atom. The van der Waals surface area contributed by atoms with Crippen LogP contribution in [-0.4, -0.2) is 37.2 Å². The Morgan fingerprint density at radius 1 is 0.280 bits per heavy atom. The van der Waals surface area contributed by atoms with Gasteiger partial charge in [-0.3, -0.25) is 14.4 Å². The van der Waals surface area contributed by atoms with E-state index in [-0.39, 0.29) is 31.1 Å². The van der Waals surface area contributed by atoms with Crippen molar-refractivity contribution in [3.05, 3.63) is 60.8 Å². The van der Waals surface area contributed by atoms with Crippen LogP contribution in [0.5, 0.6) is 0 Å². The fourth-order valence-corrected chi connectivity index (χ4v) is 9.61. The van der Waals surface area contributed by atoms with Crippen LogP contribution < -0.4 is 0 Å². The Morgan fingerprint density at radius 3 is 0.853 bits per heavy atom. The van der Waals surface area contributed by atoms with Crippen molar-refractivity contribution in [3.8, 4) is 0 Å². The molecule has 0 bridgehead atoms. The van der Waals surface area contributed by atoms with Crippen molar-refractivity contribution < 1.29 is 28.6 Å². The SMILES string of the molecule is CC/C=C\C/C=C\C/C=C\C/C=C\CCCCCCCCCCCCCCCCC(=O)OCC(COC(=O)CCCCCCC/C=C\CCCCC)OC(=O)CCCCCCCCCCCCCCCCCCCC. The van der Waals surface area contributed by atoms with Crippen LogP contribution in [0.2, 0.25) is 0 Å². The third-order valence-electron chi connectivity index (χ3n) is 14.5. The molecule has 0 amide bonds. The Hall–Kier alpha value is -2.89. The van der Waals surface area contributed by atoms with E-state index in [1.54, 1.807) is 0 Å². The van der Waals surface area contributed by atoms with Gasteiger partial charge in [-0.25, -0.2) is 0 Å². The molecular weight excluding hydrogens is 925 g/mol. The van der Waals surface area contributed by atoms with Crippen molar-refractivity contribution in [3.63, 3.8) is 0 Å². The Kier molecular flexibility index (Phi) is 61.2. The lowest BCUT2D eigenvalue weighted by Gasteiger charge is -2.18. The zero-order valence-corrected chi connectivity index (χ0v) is 50.1. The largest absolute Gasteiger partial charge is 0.462 e. The monoisotopic (exact) mass is 1050 g/mol. The highest BCUT2D eigenvalue weighted by atomic mass is 16.6. The summed E-state index contributed by atoms with van der Waals surface area (Å²) >= 11 is 0. The molecule has 0 saturated heterocycles. The molecule has 0 N–H and O–H groups in total. The Balaban J connectivity index is 4.22. The Bertz CT molecular complexity index is 1340. The van der Waals surface area contributed by atoms with Crippen LogP contribution in [0.25, 0.3) is 0 Å². The van der Waals surface area contributed by atoms with Gasteiger partial charge in [-0.1, -0.05) is 300 Å². The molecule has 0 aromatic heterocycles. The molecule has 0 aliphatic heterocycles. The smallest absolute Gasteiger partial charge is 0.306 e. The number of carbonyl (C=O) groups excluding carboxylic acids is 3. The summed E-state index contributed by atoms with van der Waals surface area (Å²) < 4.78 is 16.9. The van der Waals surface area contributed by atoms with Gasteiger partial charge >= 0.3 is 17.9 Å². The molecule has 0 fully saturated rings. The van der Waals surface area contributed by atoms with Gasteiger partial charge in [0, 0.05) is 19.3 Å². The maximum Gasteiger partial charge on any atom is 0.306 e.